The molecular formula is C9H14O2. The van der Waals surface area contributed by atoms with Crippen LogP contribution in [0.1, 0.15) is 32.1 Å². The summed E-state index contributed by atoms with van der Waals surface area (Å²) >= 11 is 0. The molecule has 1 aliphatic carbocycles. The van der Waals surface area contributed by atoms with E-state index in [9.17, 15) is 0 Å². The van der Waals surface area contributed by atoms with Crippen molar-refractivity contribution >= 4 is 0 Å². The van der Waals surface area contributed by atoms with Gasteiger partial charge in [0, 0.05) is 6.61 Å². The molecule has 1 saturated carbocycles. The highest BCUT2D eigenvalue weighted by molar-refractivity contribution is 5.11. The fourth-order valence-corrected chi connectivity index (χ4v) is 2.73. The Balaban J connectivity index is 1.84. The van der Waals surface area contributed by atoms with Gasteiger partial charge >= 0.3 is 0 Å². The fraction of sp³-hybridized carbons (Fsp3) is 1.00. The molecule has 62 valence electrons. The molecule has 3 atom stereocenters. The highest BCUT2D eigenvalue weighted by Gasteiger charge is 2.63. The lowest BCUT2D eigenvalue weighted by Crippen LogP contribution is -2.41. The molecule has 0 aromatic carbocycles. The quantitative estimate of drug-likeness (QED) is 0.493. The monoisotopic (exact) mass is 154 g/mol. The Kier molecular flexibility index (Phi) is 1.16. The summed E-state index contributed by atoms with van der Waals surface area (Å²) in [5.41, 5.74) is 0.219. The maximum absolute atomic E-state index is 5.74. The van der Waals surface area contributed by atoms with E-state index in [0.29, 0.717) is 12.2 Å². The predicted octanol–water partition coefficient (Wildman–Crippen LogP) is 1.49. The number of ether oxygens (including phenoxy) is 2. The molecule has 3 fully saturated rings. The minimum absolute atomic E-state index is 0.219. The van der Waals surface area contributed by atoms with Crippen molar-refractivity contribution in [3.63, 3.8) is 0 Å². The van der Waals surface area contributed by atoms with Gasteiger partial charge in [-0.25, -0.2) is 0 Å². The highest BCUT2D eigenvalue weighted by atomic mass is 16.6. The lowest BCUT2D eigenvalue weighted by atomic mass is 9.82. The van der Waals surface area contributed by atoms with Crippen molar-refractivity contribution in [3.05, 3.63) is 0 Å². The van der Waals surface area contributed by atoms with E-state index in [2.05, 4.69) is 0 Å². The van der Waals surface area contributed by atoms with Crippen LogP contribution in [0.3, 0.4) is 0 Å². The van der Waals surface area contributed by atoms with Crippen LogP contribution in [0.15, 0.2) is 0 Å². The van der Waals surface area contributed by atoms with E-state index in [1.807, 2.05) is 0 Å². The van der Waals surface area contributed by atoms with Gasteiger partial charge in [0.1, 0.15) is 5.60 Å². The molecule has 3 rings (SSSR count). The Morgan fingerprint density at radius 1 is 1.09 bits per heavy atom. The molecule has 2 heteroatoms. The standard InChI is InChI=1S/C9H14O2/c1-3-7-9(5-2-6-10-7)8(4-1)11-9/h7-8H,1-6H2/t7-,8?,9+/m0/s1. The summed E-state index contributed by atoms with van der Waals surface area (Å²) in [6.45, 7) is 0.961. The van der Waals surface area contributed by atoms with Gasteiger partial charge in [0.15, 0.2) is 0 Å². The normalized spacial score (nSPS) is 54.5. The van der Waals surface area contributed by atoms with Crippen LogP contribution in [0.2, 0.25) is 0 Å². The molecule has 2 saturated heterocycles. The fourth-order valence-electron chi connectivity index (χ4n) is 2.73. The molecule has 0 N–H and O–H groups in total. The molecule has 0 radical (unpaired) electrons. The first-order valence-electron chi connectivity index (χ1n) is 4.71. The summed E-state index contributed by atoms with van der Waals surface area (Å²) in [4.78, 5) is 0. The molecule has 0 aromatic rings. The van der Waals surface area contributed by atoms with E-state index in [0.717, 1.165) is 6.61 Å². The molecule has 0 amide bonds. The van der Waals surface area contributed by atoms with Gasteiger partial charge in [0.25, 0.3) is 0 Å². The van der Waals surface area contributed by atoms with E-state index < -0.39 is 0 Å². The third-order valence-corrected chi connectivity index (χ3v) is 3.36. The molecule has 11 heavy (non-hydrogen) atoms. The molecule has 1 spiro atoms. The summed E-state index contributed by atoms with van der Waals surface area (Å²) in [6, 6.07) is 0. The second-order valence-electron chi connectivity index (χ2n) is 3.96. The summed E-state index contributed by atoms with van der Waals surface area (Å²) < 4.78 is 11.4. The van der Waals surface area contributed by atoms with Crippen molar-refractivity contribution < 1.29 is 9.47 Å². The Hall–Kier alpha value is -0.0800. The number of hydrogen-bond acceptors (Lipinski definition) is 2. The van der Waals surface area contributed by atoms with Crippen molar-refractivity contribution in [1.29, 1.82) is 0 Å². The minimum Gasteiger partial charge on any atom is -0.375 e. The molecule has 2 heterocycles. The average Bonchev–Trinajstić information content (AvgIpc) is 2.75. The zero-order valence-corrected chi connectivity index (χ0v) is 6.71. The maximum atomic E-state index is 5.74. The van der Waals surface area contributed by atoms with Crippen LogP contribution >= 0.6 is 0 Å². The zero-order chi connectivity index (χ0) is 7.31. The van der Waals surface area contributed by atoms with Crippen molar-refractivity contribution in [2.75, 3.05) is 6.61 Å². The topological polar surface area (TPSA) is 21.8 Å². The summed E-state index contributed by atoms with van der Waals surface area (Å²) in [5, 5.41) is 0. The first-order valence-corrected chi connectivity index (χ1v) is 4.71. The van der Waals surface area contributed by atoms with Crippen molar-refractivity contribution in [2.45, 2.75) is 49.9 Å². The van der Waals surface area contributed by atoms with Gasteiger partial charge in [-0.1, -0.05) is 0 Å². The van der Waals surface area contributed by atoms with E-state index in [1.165, 1.54) is 32.1 Å². The number of rotatable bonds is 0. The SMILES string of the molecule is C1CC2O[C@@]23CCCO[C@H]3C1. The largest absolute Gasteiger partial charge is 0.375 e. The van der Waals surface area contributed by atoms with Crippen LogP contribution in [-0.2, 0) is 9.47 Å². The Morgan fingerprint density at radius 3 is 2.91 bits per heavy atom. The Bertz CT molecular complexity index is 178. The zero-order valence-electron chi connectivity index (χ0n) is 6.71. The molecule has 2 nitrogen and oxygen atoms in total. The van der Waals surface area contributed by atoms with Crippen molar-refractivity contribution in [1.82, 2.24) is 0 Å². The molecule has 0 aromatic heterocycles. The van der Waals surface area contributed by atoms with E-state index >= 15 is 0 Å². The third kappa shape index (κ3) is 0.744. The molecule has 2 aliphatic heterocycles. The maximum Gasteiger partial charge on any atom is 0.121 e. The Morgan fingerprint density at radius 2 is 2.00 bits per heavy atom. The lowest BCUT2D eigenvalue weighted by Gasteiger charge is -2.32. The van der Waals surface area contributed by atoms with Gasteiger partial charge in [-0.05, 0) is 32.1 Å². The first kappa shape index (κ1) is 6.44. The number of hydrogen-bond donors (Lipinski definition) is 0. The van der Waals surface area contributed by atoms with Gasteiger partial charge in [-0.3, -0.25) is 0 Å². The number of epoxide rings is 1. The van der Waals surface area contributed by atoms with Crippen LogP contribution in [0.4, 0.5) is 0 Å². The summed E-state index contributed by atoms with van der Waals surface area (Å²) in [5.74, 6) is 0. The minimum atomic E-state index is 0.219. The summed E-state index contributed by atoms with van der Waals surface area (Å²) in [6.07, 6.45) is 7.29. The molecular weight excluding hydrogens is 140 g/mol. The summed E-state index contributed by atoms with van der Waals surface area (Å²) in [7, 11) is 0. The highest BCUT2D eigenvalue weighted by Crippen LogP contribution is 2.53. The lowest BCUT2D eigenvalue weighted by molar-refractivity contribution is -0.0496. The van der Waals surface area contributed by atoms with Crippen molar-refractivity contribution in [2.24, 2.45) is 0 Å². The van der Waals surface area contributed by atoms with Gasteiger partial charge in [-0.15, -0.1) is 0 Å². The average molecular weight is 154 g/mol. The van der Waals surface area contributed by atoms with Gasteiger partial charge in [-0.2, -0.15) is 0 Å². The van der Waals surface area contributed by atoms with Crippen LogP contribution in [0.25, 0.3) is 0 Å². The van der Waals surface area contributed by atoms with Gasteiger partial charge in [0.2, 0.25) is 0 Å². The third-order valence-electron chi connectivity index (χ3n) is 3.36. The second kappa shape index (κ2) is 1.99. The molecule has 3 aliphatic rings. The van der Waals surface area contributed by atoms with E-state index in [4.69, 9.17) is 9.47 Å². The van der Waals surface area contributed by atoms with Crippen LogP contribution in [0.5, 0.6) is 0 Å². The Labute approximate surface area is 66.9 Å². The predicted molar refractivity (Wildman–Crippen MR) is 40.4 cm³/mol. The van der Waals surface area contributed by atoms with Crippen LogP contribution in [0, 0.1) is 0 Å². The van der Waals surface area contributed by atoms with Crippen LogP contribution < -0.4 is 0 Å². The van der Waals surface area contributed by atoms with Gasteiger partial charge in [0.05, 0.1) is 12.2 Å². The van der Waals surface area contributed by atoms with E-state index in [-0.39, 0.29) is 5.60 Å². The molecule has 0 bridgehead atoms. The van der Waals surface area contributed by atoms with Crippen LogP contribution in [-0.4, -0.2) is 24.4 Å². The van der Waals surface area contributed by atoms with Gasteiger partial charge < -0.3 is 9.47 Å². The second-order valence-corrected chi connectivity index (χ2v) is 3.96. The van der Waals surface area contributed by atoms with E-state index in [1.54, 1.807) is 0 Å². The smallest absolute Gasteiger partial charge is 0.121 e. The van der Waals surface area contributed by atoms with Crippen molar-refractivity contribution in [3.8, 4) is 0 Å². The first-order chi connectivity index (χ1) is 5.42. The molecule has 1 unspecified atom stereocenters.